The van der Waals surface area contributed by atoms with Gasteiger partial charge >= 0.3 is 0 Å². The molecule has 2 aromatic heterocycles. The van der Waals surface area contributed by atoms with Crippen LogP contribution in [0.15, 0.2) is 30.5 Å². The van der Waals surface area contributed by atoms with Gasteiger partial charge in [0.05, 0.1) is 5.02 Å². The molecule has 0 radical (unpaired) electrons. The minimum atomic E-state index is -0.599. The number of benzene rings is 1. The molecule has 0 saturated heterocycles. The normalized spacial score (nSPS) is 11.2. The van der Waals surface area contributed by atoms with Gasteiger partial charge < -0.3 is 5.73 Å². The van der Waals surface area contributed by atoms with Gasteiger partial charge in [0, 0.05) is 18.8 Å². The van der Waals surface area contributed by atoms with Gasteiger partial charge in [-0.1, -0.05) is 11.6 Å². The third kappa shape index (κ3) is 2.80. The molecule has 0 unspecified atom stereocenters. The summed E-state index contributed by atoms with van der Waals surface area (Å²) in [6, 6.07) is 5.10. The van der Waals surface area contributed by atoms with E-state index in [1.807, 2.05) is 0 Å². The van der Waals surface area contributed by atoms with Crippen molar-refractivity contribution in [2.75, 3.05) is 5.73 Å². The number of hydrogen-bond donors (Lipinski definition) is 1. The summed E-state index contributed by atoms with van der Waals surface area (Å²) in [7, 11) is 0. The van der Waals surface area contributed by atoms with Gasteiger partial charge in [-0.3, -0.25) is 4.57 Å². The summed E-state index contributed by atoms with van der Waals surface area (Å²) >= 11 is 5.85. The molecule has 0 saturated carbocycles. The molecule has 4 nitrogen and oxygen atoms in total. The maximum Gasteiger partial charge on any atom is 0.202 e. The molecule has 0 spiro atoms. The molecule has 0 aliphatic rings. The molecular formula is C14H11ClF2N4. The second kappa shape index (κ2) is 5.29. The van der Waals surface area contributed by atoms with Crippen molar-refractivity contribution in [1.29, 1.82) is 0 Å². The highest BCUT2D eigenvalue weighted by Crippen LogP contribution is 2.20. The smallest absolute Gasteiger partial charge is 0.202 e. The molecule has 3 rings (SSSR count). The molecule has 7 heteroatoms. The Balaban J connectivity index is 1.89. The molecule has 1 aromatic carbocycles. The Kier molecular flexibility index (Phi) is 3.47. The Hall–Kier alpha value is -2.21. The molecule has 0 aliphatic carbocycles. The summed E-state index contributed by atoms with van der Waals surface area (Å²) in [5, 5.41) is 0.472. The number of rotatable bonds is 3. The fraction of sp³-hybridized carbons (Fsp3) is 0.143. The van der Waals surface area contributed by atoms with Crippen molar-refractivity contribution in [3.8, 4) is 0 Å². The quantitative estimate of drug-likeness (QED) is 0.808. The van der Waals surface area contributed by atoms with Crippen LogP contribution in [0.5, 0.6) is 0 Å². The van der Waals surface area contributed by atoms with Crippen LogP contribution in [-0.2, 0) is 13.0 Å². The Labute approximate surface area is 124 Å². The van der Waals surface area contributed by atoms with Crippen LogP contribution in [0.3, 0.4) is 0 Å². The van der Waals surface area contributed by atoms with Crippen LogP contribution in [0, 0.1) is 11.6 Å². The van der Waals surface area contributed by atoms with Gasteiger partial charge in [-0.2, -0.15) is 0 Å². The van der Waals surface area contributed by atoms with E-state index in [2.05, 4.69) is 9.97 Å². The summed E-state index contributed by atoms with van der Waals surface area (Å²) < 4.78 is 28.0. The lowest BCUT2D eigenvalue weighted by molar-refractivity contribution is 0.577. The lowest BCUT2D eigenvalue weighted by Gasteiger charge is -2.06. The fourth-order valence-electron chi connectivity index (χ4n) is 2.22. The highest BCUT2D eigenvalue weighted by Gasteiger charge is 2.10. The van der Waals surface area contributed by atoms with E-state index in [0.29, 0.717) is 34.7 Å². The van der Waals surface area contributed by atoms with Crippen LogP contribution in [0.4, 0.5) is 14.7 Å². The number of aryl methyl sites for hydroxylation is 2. The number of hydrogen-bond acceptors (Lipinski definition) is 3. The molecule has 0 atom stereocenters. The first-order valence-electron chi connectivity index (χ1n) is 6.25. The van der Waals surface area contributed by atoms with Gasteiger partial charge in [0.2, 0.25) is 5.95 Å². The zero-order valence-electron chi connectivity index (χ0n) is 10.9. The lowest BCUT2D eigenvalue weighted by Crippen LogP contribution is -2.06. The molecule has 0 aliphatic heterocycles. The molecule has 2 heterocycles. The zero-order valence-corrected chi connectivity index (χ0v) is 11.6. The summed E-state index contributed by atoms with van der Waals surface area (Å²) in [6.45, 7) is 0.417. The van der Waals surface area contributed by atoms with Gasteiger partial charge in [-0.15, -0.1) is 0 Å². The Morgan fingerprint density at radius 1 is 1.14 bits per heavy atom. The second-order valence-corrected chi connectivity index (χ2v) is 5.08. The molecule has 0 bridgehead atoms. The number of imidazole rings is 1. The number of nitrogen functional groups attached to an aromatic ring is 1. The van der Waals surface area contributed by atoms with E-state index >= 15 is 0 Å². The molecule has 21 heavy (non-hydrogen) atoms. The maximum atomic E-state index is 13.2. The number of nitrogens with zero attached hydrogens (tertiary/aromatic N) is 3. The van der Waals surface area contributed by atoms with Crippen molar-refractivity contribution in [1.82, 2.24) is 14.5 Å². The third-order valence-electron chi connectivity index (χ3n) is 3.13. The van der Waals surface area contributed by atoms with Gasteiger partial charge in [-0.05, 0) is 30.2 Å². The Bertz CT molecular complexity index is 796. The SMILES string of the molecule is Nc1nc2cc(Cl)cnc2n1CCc1cc(F)cc(F)c1. The monoisotopic (exact) mass is 308 g/mol. The van der Waals surface area contributed by atoms with E-state index in [1.165, 1.54) is 18.3 Å². The number of aromatic nitrogens is 3. The molecule has 108 valence electrons. The van der Waals surface area contributed by atoms with Crippen molar-refractivity contribution in [3.05, 3.63) is 52.7 Å². The predicted molar refractivity (Wildman–Crippen MR) is 77.0 cm³/mol. The molecular weight excluding hydrogens is 298 g/mol. The molecule has 0 fully saturated rings. The minimum Gasteiger partial charge on any atom is -0.369 e. The highest BCUT2D eigenvalue weighted by atomic mass is 35.5. The number of anilines is 1. The largest absolute Gasteiger partial charge is 0.369 e. The second-order valence-electron chi connectivity index (χ2n) is 4.65. The summed E-state index contributed by atoms with van der Waals surface area (Å²) in [6.07, 6.45) is 1.91. The maximum absolute atomic E-state index is 13.2. The van der Waals surface area contributed by atoms with Crippen LogP contribution in [0.2, 0.25) is 5.02 Å². The average Bonchev–Trinajstić information content (AvgIpc) is 2.70. The predicted octanol–water partition coefficient (Wildman–Crippen LogP) is 3.19. The van der Waals surface area contributed by atoms with Crippen LogP contribution >= 0.6 is 11.6 Å². The van der Waals surface area contributed by atoms with Crippen molar-refractivity contribution in [2.24, 2.45) is 0 Å². The van der Waals surface area contributed by atoms with Crippen molar-refractivity contribution < 1.29 is 8.78 Å². The first kappa shape index (κ1) is 13.8. The lowest BCUT2D eigenvalue weighted by atomic mass is 10.1. The van der Waals surface area contributed by atoms with Gasteiger partial charge in [-0.25, -0.2) is 18.7 Å². The first-order valence-corrected chi connectivity index (χ1v) is 6.63. The Morgan fingerprint density at radius 2 is 1.86 bits per heavy atom. The van der Waals surface area contributed by atoms with E-state index < -0.39 is 11.6 Å². The zero-order chi connectivity index (χ0) is 15.0. The first-order chi connectivity index (χ1) is 10.0. The highest BCUT2D eigenvalue weighted by molar-refractivity contribution is 6.31. The molecule has 3 aromatic rings. The van der Waals surface area contributed by atoms with Gasteiger partial charge in [0.25, 0.3) is 0 Å². The van der Waals surface area contributed by atoms with Crippen LogP contribution in [0.1, 0.15) is 5.56 Å². The number of halogens is 3. The topological polar surface area (TPSA) is 56.7 Å². The molecule has 2 N–H and O–H groups in total. The van der Waals surface area contributed by atoms with Crippen molar-refractivity contribution in [3.63, 3.8) is 0 Å². The van der Waals surface area contributed by atoms with Crippen LogP contribution < -0.4 is 5.73 Å². The van der Waals surface area contributed by atoms with Crippen LogP contribution in [0.25, 0.3) is 11.2 Å². The number of nitrogens with two attached hydrogens (primary N) is 1. The van der Waals surface area contributed by atoms with E-state index in [9.17, 15) is 8.78 Å². The van der Waals surface area contributed by atoms with E-state index in [4.69, 9.17) is 17.3 Å². The minimum absolute atomic E-state index is 0.289. The van der Waals surface area contributed by atoms with E-state index in [-0.39, 0.29) is 5.95 Å². The summed E-state index contributed by atoms with van der Waals surface area (Å²) in [5.74, 6) is -0.909. The van der Waals surface area contributed by atoms with E-state index in [1.54, 1.807) is 10.6 Å². The number of pyridine rings is 1. The van der Waals surface area contributed by atoms with Gasteiger partial charge in [0.15, 0.2) is 5.65 Å². The van der Waals surface area contributed by atoms with Crippen molar-refractivity contribution >= 4 is 28.7 Å². The average molecular weight is 309 g/mol. The summed E-state index contributed by atoms with van der Waals surface area (Å²) in [4.78, 5) is 8.36. The third-order valence-corrected chi connectivity index (χ3v) is 3.33. The van der Waals surface area contributed by atoms with Crippen LogP contribution in [-0.4, -0.2) is 14.5 Å². The fourth-order valence-corrected chi connectivity index (χ4v) is 2.37. The van der Waals surface area contributed by atoms with Gasteiger partial charge in [0.1, 0.15) is 17.2 Å². The van der Waals surface area contributed by atoms with Crippen molar-refractivity contribution in [2.45, 2.75) is 13.0 Å². The number of fused-ring (bicyclic) bond motifs is 1. The standard InChI is InChI=1S/C14H11ClF2N4/c15-9-5-12-13(19-7-9)21(14(18)20-12)2-1-8-3-10(16)6-11(17)4-8/h3-7H,1-2H2,(H2,18,20). The molecule has 0 amide bonds. The van der Waals surface area contributed by atoms with E-state index in [0.717, 1.165) is 6.07 Å². The Morgan fingerprint density at radius 3 is 2.57 bits per heavy atom. The summed E-state index contributed by atoms with van der Waals surface area (Å²) in [5.41, 5.74) is 7.57.